The van der Waals surface area contributed by atoms with E-state index >= 15 is 0 Å². The molecule has 0 spiro atoms. The van der Waals surface area contributed by atoms with Crippen molar-refractivity contribution in [1.82, 2.24) is 9.78 Å². The Hall–Kier alpha value is -1.35. The normalized spacial score (nSPS) is 11.1. The average Bonchev–Trinajstić information content (AvgIpc) is 2.28. The molecule has 18 heavy (non-hydrogen) atoms. The third-order valence-electron chi connectivity index (χ3n) is 2.46. The molecule has 5 nitrogen and oxygen atoms in total. The molecule has 1 heterocycles. The van der Waals surface area contributed by atoms with Crippen molar-refractivity contribution in [2.75, 3.05) is 7.11 Å². The topological polar surface area (TPSA) is 67.9 Å². The number of aryl methyl sites for hydroxylation is 1. The van der Waals surface area contributed by atoms with Crippen molar-refractivity contribution in [2.45, 2.75) is 33.7 Å². The summed E-state index contributed by atoms with van der Waals surface area (Å²) < 4.78 is 6.68. The zero-order valence-corrected chi connectivity index (χ0v) is 12.5. The first kappa shape index (κ1) is 14.7. The lowest BCUT2D eigenvalue weighted by Crippen LogP contribution is -2.28. The summed E-state index contributed by atoms with van der Waals surface area (Å²) in [6.45, 7) is 6.73. The molecule has 1 aromatic heterocycles. The lowest BCUT2D eigenvalue weighted by molar-refractivity contribution is 0.332. The Kier molecular flexibility index (Phi) is 4.52. The molecule has 0 bridgehead atoms. The molecule has 0 saturated heterocycles. The van der Waals surface area contributed by atoms with Crippen LogP contribution in [0.25, 0.3) is 0 Å². The third-order valence-corrected chi connectivity index (χ3v) is 2.98. The Morgan fingerprint density at radius 2 is 2.11 bits per heavy atom. The molecule has 0 saturated carbocycles. The summed E-state index contributed by atoms with van der Waals surface area (Å²) in [5.41, 5.74) is -0.338. The van der Waals surface area contributed by atoms with Crippen LogP contribution in [0.4, 0.5) is 0 Å². The van der Waals surface area contributed by atoms with Gasteiger partial charge in [-0.2, -0.15) is 10.4 Å². The number of ether oxygens (including phenoxy) is 1. The maximum absolute atomic E-state index is 12.0. The van der Waals surface area contributed by atoms with Crippen LogP contribution in [0.5, 0.6) is 5.75 Å². The van der Waals surface area contributed by atoms with E-state index < -0.39 is 5.56 Å². The Balaban J connectivity index is 3.21. The maximum atomic E-state index is 12.0. The highest BCUT2D eigenvalue weighted by Gasteiger charge is 2.18. The number of hydrogen-bond donors (Lipinski definition) is 0. The Bertz CT molecular complexity index is 538. The summed E-state index contributed by atoms with van der Waals surface area (Å²) in [6.07, 6.45) is 0.795. The van der Waals surface area contributed by atoms with Gasteiger partial charge in [-0.3, -0.25) is 4.79 Å². The Morgan fingerprint density at radius 1 is 1.50 bits per heavy atom. The van der Waals surface area contributed by atoms with Gasteiger partial charge in [0.1, 0.15) is 6.07 Å². The third kappa shape index (κ3) is 3.33. The molecule has 0 N–H and O–H groups in total. The van der Waals surface area contributed by atoms with Gasteiger partial charge in [-0.25, -0.2) is 4.68 Å². The van der Waals surface area contributed by atoms with Crippen LogP contribution < -0.4 is 10.3 Å². The Morgan fingerprint density at radius 3 is 2.56 bits per heavy atom. The van der Waals surface area contributed by atoms with Crippen LogP contribution in [0.3, 0.4) is 0 Å². The van der Waals surface area contributed by atoms with Crippen molar-refractivity contribution in [3.8, 4) is 11.8 Å². The van der Waals surface area contributed by atoms with Gasteiger partial charge in [-0.1, -0.05) is 20.8 Å². The molecule has 0 aliphatic carbocycles. The minimum absolute atomic E-state index is 0.0201. The van der Waals surface area contributed by atoms with Crippen molar-refractivity contribution in [1.29, 1.82) is 5.26 Å². The van der Waals surface area contributed by atoms with Gasteiger partial charge in [-0.15, -0.1) is 0 Å². The van der Waals surface area contributed by atoms with E-state index in [1.54, 1.807) is 0 Å². The molecule has 98 valence electrons. The van der Waals surface area contributed by atoms with E-state index in [9.17, 15) is 4.79 Å². The predicted molar refractivity (Wildman–Crippen MR) is 71.5 cm³/mol. The predicted octanol–water partition coefficient (Wildman–Crippen LogP) is 2.32. The van der Waals surface area contributed by atoms with Crippen molar-refractivity contribution < 1.29 is 4.74 Å². The van der Waals surface area contributed by atoms with Crippen LogP contribution in [0.15, 0.2) is 9.40 Å². The summed E-state index contributed by atoms with van der Waals surface area (Å²) in [4.78, 5) is 12.0. The maximum Gasteiger partial charge on any atom is 0.288 e. The van der Waals surface area contributed by atoms with E-state index in [1.165, 1.54) is 11.8 Å². The number of nitriles is 1. The second-order valence-electron chi connectivity index (χ2n) is 5.15. The van der Waals surface area contributed by atoms with Crippen molar-refractivity contribution in [3.63, 3.8) is 0 Å². The van der Waals surface area contributed by atoms with E-state index in [4.69, 9.17) is 10.00 Å². The fourth-order valence-electron chi connectivity index (χ4n) is 1.40. The van der Waals surface area contributed by atoms with E-state index in [1.807, 2.05) is 6.07 Å². The number of aromatic nitrogens is 2. The lowest BCUT2D eigenvalue weighted by Gasteiger charge is -2.18. The molecule has 0 radical (unpaired) electrons. The molecule has 0 fully saturated rings. The van der Waals surface area contributed by atoms with Crippen molar-refractivity contribution in [3.05, 3.63) is 20.5 Å². The molecule has 1 aromatic rings. The average molecular weight is 314 g/mol. The first-order valence-corrected chi connectivity index (χ1v) is 6.34. The minimum Gasteiger partial charge on any atom is -0.492 e. The summed E-state index contributed by atoms with van der Waals surface area (Å²) in [6, 6.07) is 1.86. The molecule has 0 aromatic carbocycles. The van der Waals surface area contributed by atoms with Crippen LogP contribution in [0, 0.1) is 16.7 Å². The Labute approximate surface area is 115 Å². The summed E-state index contributed by atoms with van der Waals surface area (Å²) in [5, 5.41) is 13.1. The molecule has 0 amide bonds. The molecular weight excluding hydrogens is 298 g/mol. The largest absolute Gasteiger partial charge is 0.492 e. The second-order valence-corrected chi connectivity index (χ2v) is 5.90. The van der Waals surface area contributed by atoms with Crippen LogP contribution in [-0.2, 0) is 6.54 Å². The highest BCUT2D eigenvalue weighted by atomic mass is 79.9. The molecule has 0 aliphatic rings. The molecule has 6 heteroatoms. The monoisotopic (exact) mass is 313 g/mol. The van der Waals surface area contributed by atoms with E-state index in [2.05, 4.69) is 41.8 Å². The van der Waals surface area contributed by atoms with Gasteiger partial charge >= 0.3 is 0 Å². The van der Waals surface area contributed by atoms with Crippen LogP contribution in [0.2, 0.25) is 0 Å². The minimum atomic E-state index is -0.415. The molecule has 0 aliphatic heterocycles. The number of nitrogens with zero attached hydrogens (tertiary/aromatic N) is 3. The van der Waals surface area contributed by atoms with Crippen molar-refractivity contribution in [2.24, 2.45) is 5.41 Å². The zero-order valence-electron chi connectivity index (χ0n) is 11.0. The van der Waals surface area contributed by atoms with Crippen LogP contribution >= 0.6 is 15.9 Å². The van der Waals surface area contributed by atoms with Gasteiger partial charge in [0.2, 0.25) is 0 Å². The fourth-order valence-corrected chi connectivity index (χ4v) is 1.96. The van der Waals surface area contributed by atoms with E-state index in [0.29, 0.717) is 11.1 Å². The first-order valence-electron chi connectivity index (χ1n) is 5.55. The van der Waals surface area contributed by atoms with Gasteiger partial charge in [0, 0.05) is 6.54 Å². The molecular formula is C12H16BrN3O2. The van der Waals surface area contributed by atoms with Crippen LogP contribution in [0.1, 0.15) is 32.8 Å². The number of rotatable bonds is 3. The SMILES string of the molecule is COc1c(Br)nn(CCC(C)(C)C)c(=O)c1C#N. The highest BCUT2D eigenvalue weighted by Crippen LogP contribution is 2.24. The van der Waals surface area contributed by atoms with Crippen molar-refractivity contribution >= 4 is 15.9 Å². The molecule has 0 atom stereocenters. The van der Waals surface area contributed by atoms with Gasteiger partial charge < -0.3 is 4.74 Å². The van der Waals surface area contributed by atoms with Crippen LogP contribution in [-0.4, -0.2) is 16.9 Å². The van der Waals surface area contributed by atoms with Gasteiger partial charge in [0.05, 0.1) is 7.11 Å². The number of halogens is 1. The summed E-state index contributed by atoms with van der Waals surface area (Å²) >= 11 is 3.21. The van der Waals surface area contributed by atoms with E-state index in [-0.39, 0.29) is 16.7 Å². The molecule has 1 rings (SSSR count). The van der Waals surface area contributed by atoms with Gasteiger partial charge in [0.15, 0.2) is 15.9 Å². The second kappa shape index (κ2) is 5.53. The van der Waals surface area contributed by atoms with E-state index in [0.717, 1.165) is 6.42 Å². The van der Waals surface area contributed by atoms with Gasteiger partial charge in [-0.05, 0) is 27.8 Å². The highest BCUT2D eigenvalue weighted by molar-refractivity contribution is 9.10. The summed E-state index contributed by atoms with van der Waals surface area (Å²) in [7, 11) is 1.40. The smallest absolute Gasteiger partial charge is 0.288 e. The number of hydrogen-bond acceptors (Lipinski definition) is 4. The standard InChI is InChI=1S/C12H16BrN3O2/c1-12(2,3)5-6-16-11(17)8(7-14)9(18-4)10(13)15-16/h5-6H2,1-4H3. The number of methoxy groups -OCH3 is 1. The summed E-state index contributed by atoms with van der Waals surface area (Å²) in [5.74, 6) is 0.189. The quantitative estimate of drug-likeness (QED) is 0.858. The first-order chi connectivity index (χ1) is 8.30. The zero-order chi connectivity index (χ0) is 13.9. The fraction of sp³-hybridized carbons (Fsp3) is 0.583. The molecule has 0 unspecified atom stereocenters. The van der Waals surface area contributed by atoms with Gasteiger partial charge in [0.25, 0.3) is 5.56 Å². The lowest BCUT2D eigenvalue weighted by atomic mass is 9.92.